The Morgan fingerprint density at radius 3 is 2.29 bits per heavy atom. The molecule has 3 aromatic carbocycles. The summed E-state index contributed by atoms with van der Waals surface area (Å²) >= 11 is 0. The topological polar surface area (TPSA) is 77.8 Å². The summed E-state index contributed by atoms with van der Waals surface area (Å²) < 4.78 is 5.90. The van der Waals surface area contributed by atoms with Crippen molar-refractivity contribution in [2.45, 2.75) is 6.61 Å². The highest BCUT2D eigenvalue weighted by molar-refractivity contribution is 5.78. The smallest absolute Gasteiger partial charge is 0.329 e. The molecule has 0 aliphatic carbocycles. The molecule has 6 nitrogen and oxygen atoms in total. The highest BCUT2D eigenvalue weighted by Gasteiger charge is 2.08. The molecule has 150 valence electrons. The number of rotatable bonds is 6. The van der Waals surface area contributed by atoms with Gasteiger partial charge in [-0.1, -0.05) is 65.9 Å². The van der Waals surface area contributed by atoms with Crippen molar-refractivity contribution in [2.24, 2.45) is 0 Å². The molecule has 0 amide bonds. The molecule has 6 heteroatoms. The van der Waals surface area contributed by atoms with E-state index in [4.69, 9.17) is 4.74 Å². The minimum absolute atomic E-state index is 0.440. The van der Waals surface area contributed by atoms with Crippen molar-refractivity contribution in [3.8, 4) is 17.1 Å². The number of aromatic amines is 2. The van der Waals surface area contributed by atoms with Gasteiger partial charge in [-0.15, -0.1) is 0 Å². The monoisotopic (exact) mass is 406 g/mol. The van der Waals surface area contributed by atoms with E-state index in [1.54, 1.807) is 0 Å². The van der Waals surface area contributed by atoms with E-state index in [0.717, 1.165) is 39.0 Å². The summed E-state index contributed by atoms with van der Waals surface area (Å²) in [6.45, 7) is 0.440. The fourth-order valence-corrected chi connectivity index (χ4v) is 3.27. The summed E-state index contributed by atoms with van der Waals surface area (Å²) in [7, 11) is 0. The Kier molecular flexibility index (Phi) is 5.18. The molecular formula is C25H20N5O+. The maximum Gasteiger partial charge on any atom is 0.329 e. The number of hydrogen-bond donors (Lipinski definition) is 1. The van der Waals surface area contributed by atoms with E-state index in [1.165, 1.54) is 0 Å². The van der Waals surface area contributed by atoms with Crippen molar-refractivity contribution in [3.63, 3.8) is 0 Å². The van der Waals surface area contributed by atoms with Gasteiger partial charge in [0.2, 0.25) is 0 Å². The fourth-order valence-electron chi connectivity index (χ4n) is 3.27. The number of fused-ring (bicyclic) bond motifs is 1. The van der Waals surface area contributed by atoms with Crippen molar-refractivity contribution >= 4 is 23.1 Å². The van der Waals surface area contributed by atoms with Crippen LogP contribution in [0.2, 0.25) is 0 Å². The molecule has 2 N–H and O–H groups in total. The van der Waals surface area contributed by atoms with Gasteiger partial charge in [0.05, 0.1) is 16.8 Å². The van der Waals surface area contributed by atoms with Crippen molar-refractivity contribution in [3.05, 3.63) is 102 Å². The Bertz CT molecular complexity index is 1310. The van der Waals surface area contributed by atoms with Gasteiger partial charge in [0.1, 0.15) is 17.5 Å². The number of aromatic nitrogens is 5. The zero-order valence-electron chi connectivity index (χ0n) is 16.7. The zero-order valence-corrected chi connectivity index (χ0v) is 16.7. The van der Waals surface area contributed by atoms with Crippen molar-refractivity contribution < 1.29 is 9.84 Å². The number of hydrogen-bond acceptors (Lipinski definition) is 4. The maximum atomic E-state index is 5.90. The van der Waals surface area contributed by atoms with Crippen LogP contribution in [0.5, 0.6) is 5.75 Å². The SMILES string of the molecule is C(=C\c1ccc(-c2nn[nH][nH+]2)cc1)/c1ccc(OCc2ccc3ccccc3n2)cc1. The first-order valence-electron chi connectivity index (χ1n) is 9.98. The molecular weight excluding hydrogens is 386 g/mol. The number of pyridine rings is 1. The van der Waals surface area contributed by atoms with Gasteiger partial charge in [-0.3, -0.25) is 0 Å². The number of tetrazole rings is 1. The molecule has 0 unspecified atom stereocenters. The summed E-state index contributed by atoms with van der Waals surface area (Å²) in [4.78, 5) is 4.65. The van der Waals surface area contributed by atoms with Crippen LogP contribution in [0.3, 0.4) is 0 Å². The molecule has 0 saturated carbocycles. The second kappa shape index (κ2) is 8.59. The van der Waals surface area contributed by atoms with E-state index in [9.17, 15) is 0 Å². The third kappa shape index (κ3) is 4.48. The quantitative estimate of drug-likeness (QED) is 0.419. The van der Waals surface area contributed by atoms with Crippen LogP contribution in [-0.2, 0) is 6.61 Å². The molecule has 0 saturated heterocycles. The van der Waals surface area contributed by atoms with Crippen LogP contribution in [0.1, 0.15) is 16.8 Å². The van der Waals surface area contributed by atoms with Gasteiger partial charge < -0.3 is 4.74 Å². The Morgan fingerprint density at radius 1 is 0.806 bits per heavy atom. The maximum absolute atomic E-state index is 5.90. The molecule has 0 spiro atoms. The summed E-state index contributed by atoms with van der Waals surface area (Å²) in [6.07, 6.45) is 4.15. The highest BCUT2D eigenvalue weighted by atomic mass is 16.5. The second-order valence-corrected chi connectivity index (χ2v) is 7.09. The first-order chi connectivity index (χ1) is 15.3. The van der Waals surface area contributed by atoms with Crippen LogP contribution in [0.4, 0.5) is 0 Å². The van der Waals surface area contributed by atoms with Crippen LogP contribution < -0.4 is 9.84 Å². The van der Waals surface area contributed by atoms with Gasteiger partial charge >= 0.3 is 5.82 Å². The molecule has 31 heavy (non-hydrogen) atoms. The molecule has 0 aliphatic heterocycles. The average Bonchev–Trinajstić information content (AvgIpc) is 3.37. The molecule has 2 aromatic heterocycles. The van der Waals surface area contributed by atoms with Crippen molar-refractivity contribution in [1.29, 1.82) is 0 Å². The number of nitrogens with zero attached hydrogens (tertiary/aromatic N) is 3. The number of nitrogens with one attached hydrogen (secondary N) is 2. The molecule has 0 bridgehead atoms. The summed E-state index contributed by atoms with van der Waals surface area (Å²) in [5.74, 6) is 1.53. The average molecular weight is 406 g/mol. The number of H-pyrrole nitrogens is 2. The molecule has 0 aliphatic rings. The van der Waals surface area contributed by atoms with Gasteiger partial charge in [-0.25, -0.2) is 4.98 Å². The minimum atomic E-state index is 0.440. The van der Waals surface area contributed by atoms with E-state index in [1.807, 2.05) is 72.8 Å². The summed E-state index contributed by atoms with van der Waals surface area (Å²) in [5, 5.41) is 14.3. The zero-order chi connectivity index (χ0) is 20.9. The molecule has 2 heterocycles. The lowest BCUT2D eigenvalue weighted by Gasteiger charge is -2.07. The molecule has 0 fully saturated rings. The molecule has 0 radical (unpaired) electrons. The third-order valence-electron chi connectivity index (χ3n) is 4.95. The van der Waals surface area contributed by atoms with Gasteiger partial charge in [-0.05, 0) is 47.5 Å². The number of ether oxygens (including phenoxy) is 1. The van der Waals surface area contributed by atoms with E-state index < -0.39 is 0 Å². The van der Waals surface area contributed by atoms with Crippen LogP contribution in [0, 0.1) is 0 Å². The van der Waals surface area contributed by atoms with E-state index >= 15 is 0 Å². The Labute approximate surface area is 179 Å². The normalized spacial score (nSPS) is 11.2. The number of benzene rings is 3. The second-order valence-electron chi connectivity index (χ2n) is 7.09. The van der Waals surface area contributed by atoms with Gasteiger partial charge in [-0.2, -0.15) is 5.10 Å². The lowest BCUT2D eigenvalue weighted by atomic mass is 10.1. The first-order valence-corrected chi connectivity index (χ1v) is 9.98. The Balaban J connectivity index is 1.20. The van der Waals surface area contributed by atoms with Gasteiger partial charge in [0.15, 0.2) is 5.21 Å². The summed E-state index contributed by atoms with van der Waals surface area (Å²) in [6, 6.07) is 28.3. The van der Waals surface area contributed by atoms with E-state index in [0.29, 0.717) is 12.4 Å². The lowest BCUT2D eigenvalue weighted by Crippen LogP contribution is -2.05. The van der Waals surface area contributed by atoms with Crippen molar-refractivity contribution in [1.82, 2.24) is 20.5 Å². The van der Waals surface area contributed by atoms with E-state index in [-0.39, 0.29) is 0 Å². The molecule has 5 aromatic rings. The van der Waals surface area contributed by atoms with Crippen molar-refractivity contribution in [2.75, 3.05) is 0 Å². The standard InChI is InChI=1S/C25H19N5O/c1-2-4-24-20(3-1)13-14-22(26-24)17-31-23-15-9-19(10-16-23)6-5-18-7-11-21(12-8-18)25-27-29-30-28-25/h1-16H,17H2,(H,27,28,29,30)/p+1/b6-5+. The Hall–Kier alpha value is -4.32. The first kappa shape index (κ1) is 18.7. The van der Waals surface area contributed by atoms with Crippen LogP contribution in [0.25, 0.3) is 34.4 Å². The lowest BCUT2D eigenvalue weighted by molar-refractivity contribution is -0.444. The predicted molar refractivity (Wildman–Crippen MR) is 120 cm³/mol. The van der Waals surface area contributed by atoms with Crippen LogP contribution in [-0.4, -0.2) is 20.5 Å². The van der Waals surface area contributed by atoms with Gasteiger partial charge in [0, 0.05) is 5.39 Å². The van der Waals surface area contributed by atoms with Crippen LogP contribution in [0.15, 0.2) is 84.9 Å². The fraction of sp³-hybridized carbons (Fsp3) is 0.0400. The molecule has 0 atom stereocenters. The largest absolute Gasteiger partial charge is 0.487 e. The third-order valence-corrected chi connectivity index (χ3v) is 4.95. The predicted octanol–water partition coefficient (Wildman–Crippen LogP) is 4.58. The van der Waals surface area contributed by atoms with Crippen LogP contribution >= 0.6 is 0 Å². The summed E-state index contributed by atoms with van der Waals surface area (Å²) in [5.41, 5.74) is 5.08. The number of para-hydroxylation sites is 1. The minimum Gasteiger partial charge on any atom is -0.487 e. The highest BCUT2D eigenvalue weighted by Crippen LogP contribution is 2.18. The Morgan fingerprint density at radius 2 is 1.55 bits per heavy atom. The molecule has 5 rings (SSSR count). The van der Waals surface area contributed by atoms with Gasteiger partial charge in [0.25, 0.3) is 0 Å². The van der Waals surface area contributed by atoms with E-state index in [2.05, 4.69) is 49.9 Å².